The maximum absolute atomic E-state index is 6.47. The molecule has 0 atom stereocenters. The van der Waals surface area contributed by atoms with Crippen LogP contribution in [0.15, 0.2) is 115 Å². The molecule has 4 rings (SSSR count). The van der Waals surface area contributed by atoms with Crippen molar-refractivity contribution in [2.24, 2.45) is 0 Å². The summed E-state index contributed by atoms with van der Waals surface area (Å²) in [4.78, 5) is 0. The molecule has 0 aliphatic rings. The molecule has 0 amide bonds. The van der Waals surface area contributed by atoms with Crippen LogP contribution in [0, 0.1) is 0 Å². The van der Waals surface area contributed by atoms with Crippen LogP contribution in [0.2, 0.25) is 0 Å². The molecule has 0 saturated heterocycles. The molecule has 0 radical (unpaired) electrons. The summed E-state index contributed by atoms with van der Waals surface area (Å²) in [6.07, 6.45) is 0. The molecule has 0 aliphatic carbocycles. The van der Waals surface area contributed by atoms with E-state index in [2.05, 4.69) is 123 Å². The van der Waals surface area contributed by atoms with Crippen molar-refractivity contribution in [3.8, 4) is 0 Å². The molecule has 2 heteroatoms. The van der Waals surface area contributed by atoms with E-state index in [1.165, 1.54) is 27.0 Å². The average molecular weight is 410 g/mol. The first-order valence-electron chi connectivity index (χ1n) is 10.3. The molecule has 4 aromatic rings. The summed E-state index contributed by atoms with van der Waals surface area (Å²) in [5.41, 5.74) is 2.03. The van der Waals surface area contributed by atoms with Crippen LogP contribution in [-0.2, 0) is 16.9 Å². The van der Waals surface area contributed by atoms with E-state index in [4.69, 9.17) is 4.74 Å². The largest absolute Gasteiger partial charge is 0.366 e. The second-order valence-electron chi connectivity index (χ2n) is 7.81. The van der Waals surface area contributed by atoms with Gasteiger partial charge in [-0.1, -0.05) is 115 Å². The lowest BCUT2D eigenvalue weighted by Crippen LogP contribution is -2.31. The molecular weight excluding hydrogens is 383 g/mol. The molecule has 0 aromatic heterocycles. The lowest BCUT2D eigenvalue weighted by molar-refractivity contribution is -0.0329. The van der Waals surface area contributed by atoms with Crippen molar-refractivity contribution >= 4 is 23.8 Å². The minimum atomic E-state index is -0.676. The lowest BCUT2D eigenvalue weighted by Gasteiger charge is -2.31. The highest BCUT2D eigenvalue weighted by atomic mass is 31.1. The van der Waals surface area contributed by atoms with Crippen molar-refractivity contribution in [2.75, 3.05) is 0 Å². The Morgan fingerprint density at radius 1 is 0.600 bits per heavy atom. The van der Waals surface area contributed by atoms with Crippen molar-refractivity contribution < 1.29 is 4.74 Å². The van der Waals surface area contributed by atoms with E-state index in [9.17, 15) is 0 Å². The van der Waals surface area contributed by atoms with Gasteiger partial charge in [-0.05, 0) is 48.8 Å². The van der Waals surface area contributed by atoms with Crippen LogP contribution in [0.4, 0.5) is 0 Å². The van der Waals surface area contributed by atoms with Crippen LogP contribution >= 0.6 is 7.92 Å². The second kappa shape index (κ2) is 9.39. The molecule has 0 N–H and O–H groups in total. The second-order valence-corrected chi connectivity index (χ2v) is 9.99. The van der Waals surface area contributed by atoms with E-state index in [1.54, 1.807) is 0 Å². The normalized spacial score (nSPS) is 11.6. The van der Waals surface area contributed by atoms with E-state index >= 15 is 0 Å². The first kappa shape index (κ1) is 20.5. The topological polar surface area (TPSA) is 9.23 Å². The van der Waals surface area contributed by atoms with Gasteiger partial charge in [0.15, 0.2) is 0 Å². The molecule has 30 heavy (non-hydrogen) atoms. The van der Waals surface area contributed by atoms with Gasteiger partial charge in [-0.2, -0.15) is 0 Å². The first-order chi connectivity index (χ1) is 14.6. The maximum Gasteiger partial charge on any atom is 0.0886 e. The van der Waals surface area contributed by atoms with E-state index < -0.39 is 13.5 Å². The van der Waals surface area contributed by atoms with Crippen molar-refractivity contribution in [3.63, 3.8) is 0 Å². The highest BCUT2D eigenvalue weighted by Gasteiger charge is 2.28. The Balaban J connectivity index is 1.74. The Kier molecular flexibility index (Phi) is 6.43. The van der Waals surface area contributed by atoms with E-state index in [0.29, 0.717) is 6.61 Å². The third kappa shape index (κ3) is 4.70. The summed E-state index contributed by atoms with van der Waals surface area (Å²) in [6, 6.07) is 40.8. The summed E-state index contributed by atoms with van der Waals surface area (Å²) >= 11 is 0. The van der Waals surface area contributed by atoms with Gasteiger partial charge in [0.1, 0.15) is 0 Å². The Bertz CT molecular complexity index is 1020. The predicted molar refractivity (Wildman–Crippen MR) is 129 cm³/mol. The van der Waals surface area contributed by atoms with E-state index in [0.717, 1.165) is 0 Å². The van der Waals surface area contributed by atoms with Gasteiger partial charge in [0.05, 0.1) is 12.2 Å². The number of rotatable bonds is 7. The molecule has 150 valence electrons. The molecule has 0 spiro atoms. The van der Waals surface area contributed by atoms with Crippen LogP contribution < -0.4 is 15.9 Å². The minimum absolute atomic E-state index is 0.406. The van der Waals surface area contributed by atoms with Gasteiger partial charge in [-0.25, -0.2) is 0 Å². The fourth-order valence-corrected chi connectivity index (χ4v) is 6.29. The molecular formula is C28H27OP. The first-order valence-corrected chi connectivity index (χ1v) is 11.7. The van der Waals surface area contributed by atoms with E-state index in [-0.39, 0.29) is 0 Å². The predicted octanol–water partition coefficient (Wildman–Crippen LogP) is 5.90. The van der Waals surface area contributed by atoms with Crippen LogP contribution in [0.3, 0.4) is 0 Å². The van der Waals surface area contributed by atoms with Crippen LogP contribution in [-0.4, -0.2) is 0 Å². The quantitative estimate of drug-likeness (QED) is 0.345. The number of benzene rings is 4. The summed E-state index contributed by atoms with van der Waals surface area (Å²) < 4.78 is 6.47. The minimum Gasteiger partial charge on any atom is -0.366 e. The zero-order chi connectivity index (χ0) is 20.8. The lowest BCUT2D eigenvalue weighted by atomic mass is 9.98. The number of hydrogen-bond donors (Lipinski definition) is 0. The molecule has 4 aromatic carbocycles. The van der Waals surface area contributed by atoms with Gasteiger partial charge in [0.2, 0.25) is 0 Å². The van der Waals surface area contributed by atoms with Crippen LogP contribution in [0.1, 0.15) is 25.0 Å². The fraction of sp³-hybridized carbons (Fsp3) is 0.143. The summed E-state index contributed by atoms with van der Waals surface area (Å²) in [5.74, 6) is 0. The molecule has 0 bridgehead atoms. The molecule has 0 aliphatic heterocycles. The van der Waals surface area contributed by atoms with Crippen molar-refractivity contribution in [2.45, 2.75) is 26.1 Å². The Hall–Kier alpha value is -2.73. The average Bonchev–Trinajstić information content (AvgIpc) is 2.80. The zero-order valence-corrected chi connectivity index (χ0v) is 18.4. The van der Waals surface area contributed by atoms with Gasteiger partial charge < -0.3 is 4.74 Å². The SMILES string of the molecule is CC(C)(OCc1ccccc1)c1ccccc1P(c1ccccc1)c1ccccc1. The third-order valence-corrected chi connectivity index (χ3v) is 7.77. The summed E-state index contributed by atoms with van der Waals surface area (Å²) in [6.45, 7) is 4.95. The van der Waals surface area contributed by atoms with Gasteiger partial charge in [0.25, 0.3) is 0 Å². The molecule has 1 nitrogen and oxygen atoms in total. The van der Waals surface area contributed by atoms with Crippen LogP contribution in [0.25, 0.3) is 0 Å². The smallest absolute Gasteiger partial charge is 0.0886 e. The molecule has 0 fully saturated rings. The molecule has 0 saturated carbocycles. The fourth-order valence-electron chi connectivity index (χ4n) is 3.67. The monoisotopic (exact) mass is 410 g/mol. The van der Waals surface area contributed by atoms with Gasteiger partial charge in [-0.3, -0.25) is 0 Å². The highest BCUT2D eigenvalue weighted by molar-refractivity contribution is 7.79. The van der Waals surface area contributed by atoms with Crippen LogP contribution in [0.5, 0.6) is 0 Å². The standard InChI is InChI=1S/C28H27OP/c1-28(2,29-22-23-14-6-3-7-15-23)26-20-12-13-21-27(26)30(24-16-8-4-9-17-24)25-18-10-5-11-19-25/h3-21H,22H2,1-2H3. The van der Waals surface area contributed by atoms with Gasteiger partial charge >= 0.3 is 0 Å². The number of ether oxygens (including phenoxy) is 1. The Labute approximate surface area is 181 Å². The third-order valence-electron chi connectivity index (χ3n) is 5.26. The van der Waals surface area contributed by atoms with E-state index in [1.807, 2.05) is 6.07 Å². The van der Waals surface area contributed by atoms with Gasteiger partial charge in [0, 0.05) is 0 Å². The maximum atomic E-state index is 6.47. The van der Waals surface area contributed by atoms with Crippen molar-refractivity contribution in [1.29, 1.82) is 0 Å². The molecule has 0 unspecified atom stereocenters. The Morgan fingerprint density at radius 3 is 1.63 bits per heavy atom. The Morgan fingerprint density at radius 2 is 1.07 bits per heavy atom. The highest BCUT2D eigenvalue weighted by Crippen LogP contribution is 2.38. The van der Waals surface area contributed by atoms with Crippen molar-refractivity contribution in [1.82, 2.24) is 0 Å². The summed E-state index contributed by atoms with van der Waals surface area (Å²) in [5, 5.41) is 4.05. The zero-order valence-electron chi connectivity index (χ0n) is 17.5. The summed E-state index contributed by atoms with van der Waals surface area (Å²) in [7, 11) is -0.676. The van der Waals surface area contributed by atoms with Crippen molar-refractivity contribution in [3.05, 3.63) is 126 Å². The van der Waals surface area contributed by atoms with Gasteiger partial charge in [-0.15, -0.1) is 0 Å². The molecule has 0 heterocycles. The number of hydrogen-bond acceptors (Lipinski definition) is 1.